The Morgan fingerprint density at radius 3 is 2.50 bits per heavy atom. The number of ether oxygens (including phenoxy) is 1. The van der Waals surface area contributed by atoms with Gasteiger partial charge in [0.1, 0.15) is 18.1 Å². The van der Waals surface area contributed by atoms with E-state index in [1.165, 1.54) is 12.0 Å². The summed E-state index contributed by atoms with van der Waals surface area (Å²) in [5.41, 5.74) is 0.575. The van der Waals surface area contributed by atoms with Crippen LogP contribution >= 0.6 is 0 Å². The van der Waals surface area contributed by atoms with Crippen molar-refractivity contribution in [2.45, 2.75) is 44.8 Å². The second kappa shape index (κ2) is 6.21. The lowest BCUT2D eigenvalue weighted by molar-refractivity contribution is -0.0296. The zero-order valence-electron chi connectivity index (χ0n) is 11.1. The van der Waals surface area contributed by atoms with E-state index in [2.05, 4.69) is 12.2 Å². The van der Waals surface area contributed by atoms with E-state index in [9.17, 15) is 5.11 Å². The largest absolute Gasteiger partial charge is 0.492 e. The lowest BCUT2D eigenvalue weighted by Crippen LogP contribution is -2.48. The van der Waals surface area contributed by atoms with Crippen molar-refractivity contribution in [3.8, 4) is 5.75 Å². The summed E-state index contributed by atoms with van der Waals surface area (Å²) < 4.78 is 5.62. The van der Waals surface area contributed by atoms with Crippen molar-refractivity contribution in [2.75, 3.05) is 13.2 Å². The van der Waals surface area contributed by atoms with Gasteiger partial charge in [-0.05, 0) is 44.7 Å². The molecule has 0 aromatic heterocycles. The normalized spacial score (nSPS) is 18.6. The van der Waals surface area contributed by atoms with E-state index in [1.807, 2.05) is 24.3 Å². The van der Waals surface area contributed by atoms with Crippen molar-refractivity contribution in [1.29, 1.82) is 0 Å². The smallest absolute Gasteiger partial charge is 0.119 e. The first kappa shape index (κ1) is 13.4. The molecule has 2 rings (SSSR count). The second-order valence-electron chi connectivity index (χ2n) is 5.18. The van der Waals surface area contributed by atoms with Crippen LogP contribution in [-0.2, 0) is 0 Å². The minimum atomic E-state index is -0.658. The maximum Gasteiger partial charge on any atom is 0.119 e. The predicted octanol–water partition coefficient (Wildman–Crippen LogP) is 2.62. The molecule has 1 saturated carbocycles. The zero-order chi connectivity index (χ0) is 12.8. The van der Waals surface area contributed by atoms with Gasteiger partial charge in [-0.15, -0.1) is 0 Å². The molecule has 3 heteroatoms. The fraction of sp³-hybridized carbons (Fsp3) is 0.600. The summed E-state index contributed by atoms with van der Waals surface area (Å²) in [4.78, 5) is 0. The van der Waals surface area contributed by atoms with Crippen molar-refractivity contribution in [2.24, 2.45) is 0 Å². The lowest BCUT2D eigenvalue weighted by Gasteiger charge is -2.33. The fourth-order valence-electron chi connectivity index (χ4n) is 2.40. The van der Waals surface area contributed by atoms with Gasteiger partial charge >= 0.3 is 0 Å². The second-order valence-corrected chi connectivity index (χ2v) is 5.18. The van der Waals surface area contributed by atoms with Gasteiger partial charge < -0.3 is 9.84 Å². The van der Waals surface area contributed by atoms with Crippen LogP contribution in [0.15, 0.2) is 24.3 Å². The van der Waals surface area contributed by atoms with Gasteiger partial charge in [-0.3, -0.25) is 5.32 Å². The number of hydrogen-bond donors (Lipinski definition) is 2. The van der Waals surface area contributed by atoms with Crippen molar-refractivity contribution in [1.82, 2.24) is 5.32 Å². The molecular weight excluding hydrogens is 226 g/mol. The standard InChI is InChI=1S/C15H23NO2/c1-13-5-7-14(8-6-13)18-12-11-16-15(17)9-3-2-4-10-15/h5-8,16-17H,2-4,9-12H2,1H3. The Labute approximate surface area is 109 Å². The van der Waals surface area contributed by atoms with Gasteiger partial charge in [0.15, 0.2) is 0 Å². The molecule has 1 aromatic carbocycles. The third-order valence-corrected chi connectivity index (χ3v) is 3.53. The number of aryl methyl sites for hydroxylation is 1. The van der Waals surface area contributed by atoms with Gasteiger partial charge in [-0.25, -0.2) is 0 Å². The lowest BCUT2D eigenvalue weighted by atomic mass is 9.92. The molecule has 3 nitrogen and oxygen atoms in total. The molecule has 2 N–H and O–H groups in total. The highest BCUT2D eigenvalue weighted by atomic mass is 16.5. The van der Waals surface area contributed by atoms with Gasteiger partial charge in [0.25, 0.3) is 0 Å². The molecule has 0 atom stereocenters. The summed E-state index contributed by atoms with van der Waals surface area (Å²) in [5.74, 6) is 0.887. The van der Waals surface area contributed by atoms with Gasteiger partial charge in [0.2, 0.25) is 0 Å². The minimum Gasteiger partial charge on any atom is -0.492 e. The third-order valence-electron chi connectivity index (χ3n) is 3.53. The van der Waals surface area contributed by atoms with E-state index < -0.39 is 5.72 Å². The molecule has 1 aromatic rings. The Morgan fingerprint density at radius 2 is 1.83 bits per heavy atom. The van der Waals surface area contributed by atoms with E-state index >= 15 is 0 Å². The number of benzene rings is 1. The van der Waals surface area contributed by atoms with E-state index in [-0.39, 0.29) is 0 Å². The highest BCUT2D eigenvalue weighted by Crippen LogP contribution is 2.25. The van der Waals surface area contributed by atoms with Crippen LogP contribution in [-0.4, -0.2) is 24.0 Å². The Balaban J connectivity index is 1.67. The summed E-state index contributed by atoms with van der Waals surface area (Å²) >= 11 is 0. The van der Waals surface area contributed by atoms with Crippen LogP contribution in [0, 0.1) is 6.92 Å². The van der Waals surface area contributed by atoms with Crippen LogP contribution < -0.4 is 10.1 Å². The summed E-state index contributed by atoms with van der Waals surface area (Å²) in [6.07, 6.45) is 5.18. The highest BCUT2D eigenvalue weighted by molar-refractivity contribution is 5.26. The number of hydrogen-bond acceptors (Lipinski definition) is 3. The topological polar surface area (TPSA) is 41.5 Å². The van der Waals surface area contributed by atoms with E-state index in [4.69, 9.17) is 4.74 Å². The summed E-state index contributed by atoms with van der Waals surface area (Å²) in [5, 5.41) is 13.4. The first-order valence-corrected chi connectivity index (χ1v) is 6.85. The Hall–Kier alpha value is -1.06. The molecule has 18 heavy (non-hydrogen) atoms. The average molecular weight is 249 g/mol. The van der Waals surface area contributed by atoms with Crippen LogP contribution in [0.25, 0.3) is 0 Å². The molecule has 0 unspecified atom stereocenters. The minimum absolute atomic E-state index is 0.589. The Morgan fingerprint density at radius 1 is 1.17 bits per heavy atom. The number of rotatable bonds is 5. The molecule has 0 heterocycles. The van der Waals surface area contributed by atoms with Crippen LogP contribution in [0.1, 0.15) is 37.7 Å². The first-order valence-electron chi connectivity index (χ1n) is 6.85. The molecule has 0 saturated heterocycles. The van der Waals surface area contributed by atoms with Crippen molar-refractivity contribution in [3.63, 3.8) is 0 Å². The van der Waals surface area contributed by atoms with E-state index in [0.29, 0.717) is 13.2 Å². The predicted molar refractivity (Wildman–Crippen MR) is 72.7 cm³/mol. The molecule has 0 aliphatic heterocycles. The van der Waals surface area contributed by atoms with Crippen LogP contribution in [0.5, 0.6) is 5.75 Å². The summed E-state index contributed by atoms with van der Waals surface area (Å²) in [6.45, 7) is 3.33. The van der Waals surface area contributed by atoms with Crippen LogP contribution in [0.4, 0.5) is 0 Å². The van der Waals surface area contributed by atoms with Crippen molar-refractivity contribution in [3.05, 3.63) is 29.8 Å². The zero-order valence-corrected chi connectivity index (χ0v) is 11.1. The van der Waals surface area contributed by atoms with Gasteiger partial charge in [-0.1, -0.05) is 24.1 Å². The van der Waals surface area contributed by atoms with Crippen molar-refractivity contribution < 1.29 is 9.84 Å². The highest BCUT2D eigenvalue weighted by Gasteiger charge is 2.27. The molecule has 100 valence electrons. The molecule has 1 aliphatic carbocycles. The van der Waals surface area contributed by atoms with E-state index in [1.54, 1.807) is 0 Å². The Kier molecular flexibility index (Phi) is 4.61. The van der Waals surface area contributed by atoms with Crippen LogP contribution in [0.2, 0.25) is 0 Å². The summed E-state index contributed by atoms with van der Waals surface area (Å²) in [6, 6.07) is 8.03. The molecule has 0 bridgehead atoms. The summed E-state index contributed by atoms with van der Waals surface area (Å²) in [7, 11) is 0. The number of nitrogens with one attached hydrogen (secondary N) is 1. The molecule has 0 amide bonds. The third kappa shape index (κ3) is 4.00. The molecule has 1 aliphatic rings. The van der Waals surface area contributed by atoms with Crippen molar-refractivity contribution >= 4 is 0 Å². The SMILES string of the molecule is Cc1ccc(OCCNC2(O)CCCCC2)cc1. The monoisotopic (exact) mass is 249 g/mol. The quantitative estimate of drug-likeness (QED) is 0.622. The average Bonchev–Trinajstić information content (AvgIpc) is 2.38. The van der Waals surface area contributed by atoms with E-state index in [0.717, 1.165) is 31.4 Å². The van der Waals surface area contributed by atoms with Gasteiger partial charge in [-0.2, -0.15) is 0 Å². The Bertz CT molecular complexity index is 355. The maximum atomic E-state index is 10.2. The maximum absolute atomic E-state index is 10.2. The molecule has 0 spiro atoms. The molecule has 1 fully saturated rings. The van der Waals surface area contributed by atoms with Gasteiger partial charge in [0.05, 0.1) is 0 Å². The fourth-order valence-corrected chi connectivity index (χ4v) is 2.40. The van der Waals surface area contributed by atoms with Crippen LogP contribution in [0.3, 0.4) is 0 Å². The number of aliphatic hydroxyl groups is 1. The molecular formula is C15H23NO2. The molecule has 0 radical (unpaired) electrons. The first-order chi connectivity index (χ1) is 8.68. The van der Waals surface area contributed by atoms with Gasteiger partial charge in [0, 0.05) is 6.54 Å².